The summed E-state index contributed by atoms with van der Waals surface area (Å²) >= 11 is 0. The highest BCUT2D eigenvalue weighted by Gasteiger charge is 2.03. The summed E-state index contributed by atoms with van der Waals surface area (Å²) in [5.74, 6) is 0. The van der Waals surface area contributed by atoms with Gasteiger partial charge in [-0.3, -0.25) is 0 Å². The van der Waals surface area contributed by atoms with Crippen molar-refractivity contribution >= 4 is 17.4 Å². The quantitative estimate of drug-likeness (QED) is 0.782. The largest absolute Gasteiger partial charge is 0.323 e. The molecule has 0 saturated carbocycles. The maximum atomic E-state index is 12.0. The molecule has 2 amide bonds. The molecule has 3 N–H and O–H groups in total. The van der Waals surface area contributed by atoms with Gasteiger partial charge < -0.3 is 16.0 Å². The number of benzene rings is 2. The van der Waals surface area contributed by atoms with Gasteiger partial charge in [-0.25, -0.2) is 4.79 Å². The Hall–Kier alpha value is -2.33. The second-order valence-corrected chi connectivity index (χ2v) is 4.93. The van der Waals surface area contributed by atoms with Crippen molar-refractivity contribution in [2.75, 3.05) is 17.2 Å². The number of nitrogens with one attached hydrogen (secondary N) is 3. The van der Waals surface area contributed by atoms with E-state index in [1.807, 2.05) is 55.5 Å². The molecule has 0 atom stereocenters. The predicted molar refractivity (Wildman–Crippen MR) is 87.6 cm³/mol. The first kappa shape index (κ1) is 15.1. The minimum atomic E-state index is -0.235. The highest BCUT2D eigenvalue weighted by molar-refractivity contribution is 5.99. The Morgan fingerprint density at radius 1 is 1.00 bits per heavy atom. The number of anilines is 2. The van der Waals surface area contributed by atoms with Gasteiger partial charge in [0.2, 0.25) is 0 Å². The van der Waals surface area contributed by atoms with E-state index in [9.17, 15) is 4.79 Å². The van der Waals surface area contributed by atoms with Gasteiger partial charge in [0, 0.05) is 17.9 Å². The van der Waals surface area contributed by atoms with Crippen LogP contribution in [-0.2, 0) is 6.54 Å². The number of aryl methyl sites for hydroxylation is 1. The molecule has 0 aliphatic heterocycles. The van der Waals surface area contributed by atoms with Crippen LogP contribution in [0.3, 0.4) is 0 Å². The third-order valence-electron chi connectivity index (χ3n) is 3.04. The van der Waals surface area contributed by atoms with E-state index in [1.165, 1.54) is 0 Å². The van der Waals surface area contributed by atoms with Crippen LogP contribution in [0.15, 0.2) is 48.5 Å². The first-order chi connectivity index (χ1) is 10.2. The molecule has 4 nitrogen and oxygen atoms in total. The van der Waals surface area contributed by atoms with Gasteiger partial charge in [0.05, 0.1) is 0 Å². The van der Waals surface area contributed by atoms with E-state index in [2.05, 4.69) is 22.9 Å². The lowest BCUT2D eigenvalue weighted by atomic mass is 10.2. The van der Waals surface area contributed by atoms with E-state index in [4.69, 9.17) is 0 Å². The highest BCUT2D eigenvalue weighted by Crippen LogP contribution is 2.13. The molecule has 0 spiro atoms. The molecule has 0 heterocycles. The summed E-state index contributed by atoms with van der Waals surface area (Å²) in [5.41, 5.74) is 3.83. The monoisotopic (exact) mass is 283 g/mol. The summed E-state index contributed by atoms with van der Waals surface area (Å²) in [6, 6.07) is 15.3. The van der Waals surface area contributed by atoms with Crippen molar-refractivity contribution in [3.63, 3.8) is 0 Å². The van der Waals surface area contributed by atoms with Crippen molar-refractivity contribution in [2.24, 2.45) is 0 Å². The Morgan fingerprint density at radius 3 is 2.33 bits per heavy atom. The van der Waals surface area contributed by atoms with Crippen LogP contribution in [0.4, 0.5) is 16.2 Å². The van der Waals surface area contributed by atoms with Gasteiger partial charge in [0.25, 0.3) is 0 Å². The van der Waals surface area contributed by atoms with E-state index in [0.717, 1.165) is 35.6 Å². The number of carbonyl (C=O) groups is 1. The van der Waals surface area contributed by atoms with Gasteiger partial charge in [-0.1, -0.05) is 31.2 Å². The molecule has 0 aliphatic rings. The van der Waals surface area contributed by atoms with Crippen LogP contribution in [0.1, 0.15) is 18.1 Å². The number of rotatable bonds is 5. The van der Waals surface area contributed by atoms with Crippen molar-refractivity contribution in [3.05, 3.63) is 59.7 Å². The van der Waals surface area contributed by atoms with Crippen LogP contribution < -0.4 is 16.0 Å². The maximum Gasteiger partial charge on any atom is 0.323 e. The van der Waals surface area contributed by atoms with Crippen molar-refractivity contribution in [1.82, 2.24) is 5.32 Å². The van der Waals surface area contributed by atoms with E-state index < -0.39 is 0 Å². The first-order valence-corrected chi connectivity index (χ1v) is 7.11. The third kappa shape index (κ3) is 4.93. The molecule has 2 aromatic carbocycles. The molecule has 0 fully saturated rings. The van der Waals surface area contributed by atoms with Crippen LogP contribution >= 0.6 is 0 Å². The van der Waals surface area contributed by atoms with Crippen LogP contribution in [0.5, 0.6) is 0 Å². The molecule has 0 radical (unpaired) electrons. The fraction of sp³-hybridized carbons (Fsp3) is 0.235. The number of amides is 2. The maximum absolute atomic E-state index is 12.0. The summed E-state index contributed by atoms with van der Waals surface area (Å²) in [7, 11) is 0. The predicted octanol–water partition coefficient (Wildman–Crippen LogP) is 3.75. The van der Waals surface area contributed by atoms with Gasteiger partial charge in [-0.15, -0.1) is 0 Å². The molecule has 0 saturated heterocycles. The number of carbonyl (C=O) groups excluding carboxylic acids is 1. The molecule has 4 heteroatoms. The van der Waals surface area contributed by atoms with Gasteiger partial charge in [-0.2, -0.15) is 0 Å². The lowest BCUT2D eigenvalue weighted by molar-refractivity contribution is 0.262. The standard InChI is InChI=1S/C17H21N3O/c1-3-18-12-14-7-5-9-16(11-14)20-17(21)19-15-8-4-6-13(2)10-15/h4-11,18H,3,12H2,1-2H3,(H2,19,20,21). The molecule has 0 bridgehead atoms. The smallest absolute Gasteiger partial charge is 0.313 e. The van der Waals surface area contributed by atoms with Crippen molar-refractivity contribution in [2.45, 2.75) is 20.4 Å². The molecule has 0 unspecified atom stereocenters. The second-order valence-electron chi connectivity index (χ2n) is 4.93. The Balaban J connectivity index is 1.96. The van der Waals surface area contributed by atoms with Crippen molar-refractivity contribution < 1.29 is 4.79 Å². The van der Waals surface area contributed by atoms with Gasteiger partial charge >= 0.3 is 6.03 Å². The summed E-state index contributed by atoms with van der Waals surface area (Å²) in [6.45, 7) is 5.78. The Labute approximate surface area is 125 Å². The third-order valence-corrected chi connectivity index (χ3v) is 3.04. The van der Waals surface area contributed by atoms with Crippen LogP contribution in [0, 0.1) is 6.92 Å². The van der Waals surface area contributed by atoms with Gasteiger partial charge in [0.15, 0.2) is 0 Å². The van der Waals surface area contributed by atoms with Gasteiger partial charge in [-0.05, 0) is 48.9 Å². The van der Waals surface area contributed by atoms with E-state index in [-0.39, 0.29) is 6.03 Å². The van der Waals surface area contributed by atoms with Crippen LogP contribution in [0.2, 0.25) is 0 Å². The summed E-state index contributed by atoms with van der Waals surface area (Å²) in [4.78, 5) is 12.0. The topological polar surface area (TPSA) is 53.2 Å². The van der Waals surface area contributed by atoms with E-state index >= 15 is 0 Å². The highest BCUT2D eigenvalue weighted by atomic mass is 16.2. The lowest BCUT2D eigenvalue weighted by Crippen LogP contribution is -2.19. The average Bonchev–Trinajstić information content (AvgIpc) is 2.45. The van der Waals surface area contributed by atoms with E-state index in [1.54, 1.807) is 0 Å². The number of urea groups is 1. The van der Waals surface area contributed by atoms with Crippen molar-refractivity contribution in [3.8, 4) is 0 Å². The minimum absolute atomic E-state index is 0.235. The summed E-state index contributed by atoms with van der Waals surface area (Å²) in [6.07, 6.45) is 0. The first-order valence-electron chi connectivity index (χ1n) is 7.11. The molecule has 0 aliphatic carbocycles. The Morgan fingerprint density at radius 2 is 1.67 bits per heavy atom. The Kier molecular flexibility index (Phi) is 5.35. The molecule has 21 heavy (non-hydrogen) atoms. The molecular weight excluding hydrogens is 262 g/mol. The van der Waals surface area contributed by atoms with Crippen LogP contribution in [-0.4, -0.2) is 12.6 Å². The van der Waals surface area contributed by atoms with E-state index in [0.29, 0.717) is 0 Å². The van der Waals surface area contributed by atoms with Gasteiger partial charge in [0.1, 0.15) is 0 Å². The normalized spacial score (nSPS) is 10.2. The molecule has 2 rings (SSSR count). The second kappa shape index (κ2) is 7.45. The summed E-state index contributed by atoms with van der Waals surface area (Å²) < 4.78 is 0. The minimum Gasteiger partial charge on any atom is -0.313 e. The molecular formula is C17H21N3O. The average molecular weight is 283 g/mol. The zero-order valence-electron chi connectivity index (χ0n) is 12.4. The Bertz CT molecular complexity index is 610. The van der Waals surface area contributed by atoms with Crippen molar-refractivity contribution in [1.29, 1.82) is 0 Å². The molecule has 110 valence electrons. The lowest BCUT2D eigenvalue weighted by Gasteiger charge is -2.09. The summed E-state index contributed by atoms with van der Waals surface area (Å²) in [5, 5.41) is 8.94. The fourth-order valence-electron chi connectivity index (χ4n) is 2.04. The zero-order valence-corrected chi connectivity index (χ0v) is 12.4. The molecule has 0 aromatic heterocycles. The zero-order chi connectivity index (χ0) is 15.1. The van der Waals surface area contributed by atoms with Crippen LogP contribution in [0.25, 0.3) is 0 Å². The molecule has 2 aromatic rings. The SMILES string of the molecule is CCNCc1cccc(NC(=O)Nc2cccc(C)c2)c1. The fourth-order valence-corrected chi connectivity index (χ4v) is 2.04. The number of hydrogen-bond donors (Lipinski definition) is 3. The number of hydrogen-bond acceptors (Lipinski definition) is 2.